The molecule has 1 saturated carbocycles. The molecule has 0 heterocycles. The van der Waals surface area contributed by atoms with Crippen molar-refractivity contribution in [2.24, 2.45) is 11.7 Å². The first-order chi connectivity index (χ1) is 8.79. The van der Waals surface area contributed by atoms with Gasteiger partial charge in [-0.1, -0.05) is 25.0 Å². The third-order valence-electron chi connectivity index (χ3n) is 3.65. The predicted octanol–water partition coefficient (Wildman–Crippen LogP) is 2.90. The highest BCUT2D eigenvalue weighted by Gasteiger charge is 2.15. The lowest BCUT2D eigenvalue weighted by atomic mass is 10.1. The molecule has 100 valence electrons. The monoisotopic (exact) mass is 249 g/mol. The van der Waals surface area contributed by atoms with Crippen molar-refractivity contribution in [3.05, 3.63) is 29.8 Å². The number of hydrogen-bond acceptors (Lipinski definition) is 3. The lowest BCUT2D eigenvalue weighted by molar-refractivity contribution is 0.0904. The van der Waals surface area contributed by atoms with E-state index in [4.69, 9.17) is 15.2 Å². The van der Waals surface area contributed by atoms with Crippen LogP contribution in [0.25, 0.3) is 0 Å². The third kappa shape index (κ3) is 3.72. The van der Waals surface area contributed by atoms with Crippen molar-refractivity contribution >= 4 is 0 Å². The van der Waals surface area contributed by atoms with E-state index in [0.29, 0.717) is 6.61 Å². The molecule has 0 radical (unpaired) electrons. The second kappa shape index (κ2) is 6.76. The molecule has 0 spiro atoms. The Bertz CT molecular complexity index is 361. The average Bonchev–Trinajstić information content (AvgIpc) is 2.92. The Kier molecular flexibility index (Phi) is 5.02. The fourth-order valence-electron chi connectivity index (χ4n) is 2.51. The van der Waals surface area contributed by atoms with Gasteiger partial charge in [0.1, 0.15) is 5.75 Å². The van der Waals surface area contributed by atoms with Crippen molar-refractivity contribution in [2.45, 2.75) is 31.7 Å². The van der Waals surface area contributed by atoms with E-state index in [9.17, 15) is 0 Å². The SMILES string of the molecule is COc1cccc(C(N)COCC2CCCC2)c1. The average molecular weight is 249 g/mol. The molecule has 1 aromatic carbocycles. The Labute approximate surface area is 109 Å². The first-order valence-corrected chi connectivity index (χ1v) is 6.77. The second-order valence-electron chi connectivity index (χ2n) is 5.07. The van der Waals surface area contributed by atoms with E-state index in [1.165, 1.54) is 25.7 Å². The summed E-state index contributed by atoms with van der Waals surface area (Å²) in [4.78, 5) is 0. The maximum Gasteiger partial charge on any atom is 0.119 e. The van der Waals surface area contributed by atoms with Crippen LogP contribution in [0.1, 0.15) is 37.3 Å². The number of hydrogen-bond donors (Lipinski definition) is 1. The largest absolute Gasteiger partial charge is 0.497 e. The molecular formula is C15H23NO2. The molecular weight excluding hydrogens is 226 g/mol. The van der Waals surface area contributed by atoms with E-state index in [2.05, 4.69) is 0 Å². The van der Waals surface area contributed by atoms with Crippen molar-refractivity contribution in [1.29, 1.82) is 0 Å². The van der Waals surface area contributed by atoms with E-state index < -0.39 is 0 Å². The van der Waals surface area contributed by atoms with E-state index in [-0.39, 0.29) is 6.04 Å². The molecule has 18 heavy (non-hydrogen) atoms. The topological polar surface area (TPSA) is 44.5 Å². The zero-order valence-corrected chi connectivity index (χ0v) is 11.1. The molecule has 1 unspecified atom stereocenters. The lowest BCUT2D eigenvalue weighted by Crippen LogP contribution is -2.19. The molecule has 1 aliphatic rings. The Morgan fingerprint density at radius 3 is 2.83 bits per heavy atom. The molecule has 0 aromatic heterocycles. The Morgan fingerprint density at radius 1 is 1.33 bits per heavy atom. The zero-order valence-electron chi connectivity index (χ0n) is 11.1. The molecule has 1 fully saturated rings. The molecule has 3 heteroatoms. The maximum atomic E-state index is 6.12. The van der Waals surface area contributed by atoms with Gasteiger partial charge < -0.3 is 15.2 Å². The summed E-state index contributed by atoms with van der Waals surface area (Å²) < 4.78 is 10.9. The van der Waals surface area contributed by atoms with Crippen LogP contribution < -0.4 is 10.5 Å². The van der Waals surface area contributed by atoms with Crippen LogP contribution in [0.4, 0.5) is 0 Å². The fraction of sp³-hybridized carbons (Fsp3) is 0.600. The van der Waals surface area contributed by atoms with E-state index >= 15 is 0 Å². The summed E-state index contributed by atoms with van der Waals surface area (Å²) in [7, 11) is 1.67. The highest BCUT2D eigenvalue weighted by Crippen LogP contribution is 2.25. The van der Waals surface area contributed by atoms with Crippen LogP contribution in [0.3, 0.4) is 0 Å². The van der Waals surface area contributed by atoms with Crippen LogP contribution in [0, 0.1) is 5.92 Å². The summed E-state index contributed by atoms with van der Waals surface area (Å²) in [6.45, 7) is 1.45. The van der Waals surface area contributed by atoms with Gasteiger partial charge in [-0.05, 0) is 36.5 Å². The number of rotatable bonds is 6. The lowest BCUT2D eigenvalue weighted by Gasteiger charge is -2.15. The minimum atomic E-state index is -0.0681. The van der Waals surface area contributed by atoms with Crippen LogP contribution in [-0.4, -0.2) is 20.3 Å². The molecule has 0 bridgehead atoms. The van der Waals surface area contributed by atoms with Gasteiger partial charge in [0.25, 0.3) is 0 Å². The summed E-state index contributed by atoms with van der Waals surface area (Å²) in [5.41, 5.74) is 7.19. The van der Waals surface area contributed by atoms with Gasteiger partial charge in [0, 0.05) is 6.61 Å². The molecule has 0 aliphatic heterocycles. The number of benzene rings is 1. The Hall–Kier alpha value is -1.06. The molecule has 0 amide bonds. The van der Waals surface area contributed by atoms with Gasteiger partial charge in [0.05, 0.1) is 19.8 Å². The molecule has 2 rings (SSSR count). The smallest absolute Gasteiger partial charge is 0.119 e. The van der Waals surface area contributed by atoms with Crippen molar-refractivity contribution in [3.8, 4) is 5.75 Å². The van der Waals surface area contributed by atoms with Crippen molar-refractivity contribution in [3.63, 3.8) is 0 Å². The van der Waals surface area contributed by atoms with E-state index in [1.54, 1.807) is 7.11 Å². The molecule has 1 atom stereocenters. The molecule has 0 saturated heterocycles. The van der Waals surface area contributed by atoms with Gasteiger partial charge in [-0.2, -0.15) is 0 Å². The van der Waals surface area contributed by atoms with Crippen LogP contribution >= 0.6 is 0 Å². The van der Waals surface area contributed by atoms with Crippen molar-refractivity contribution in [2.75, 3.05) is 20.3 Å². The normalized spacial score (nSPS) is 17.9. The maximum absolute atomic E-state index is 6.12. The first kappa shape index (κ1) is 13.4. The summed E-state index contributed by atoms with van der Waals surface area (Å²) >= 11 is 0. The number of ether oxygens (including phenoxy) is 2. The van der Waals surface area contributed by atoms with Gasteiger partial charge in [0.15, 0.2) is 0 Å². The third-order valence-corrected chi connectivity index (χ3v) is 3.65. The fourth-order valence-corrected chi connectivity index (χ4v) is 2.51. The highest BCUT2D eigenvalue weighted by atomic mass is 16.5. The van der Waals surface area contributed by atoms with Crippen LogP contribution in [0.5, 0.6) is 5.75 Å². The summed E-state index contributed by atoms with van der Waals surface area (Å²) in [5, 5.41) is 0. The minimum Gasteiger partial charge on any atom is -0.497 e. The predicted molar refractivity (Wildman–Crippen MR) is 72.7 cm³/mol. The van der Waals surface area contributed by atoms with E-state index in [1.807, 2.05) is 24.3 Å². The first-order valence-electron chi connectivity index (χ1n) is 6.77. The number of nitrogens with two attached hydrogens (primary N) is 1. The quantitative estimate of drug-likeness (QED) is 0.843. The molecule has 2 N–H and O–H groups in total. The van der Waals surface area contributed by atoms with Crippen LogP contribution in [0.2, 0.25) is 0 Å². The number of methoxy groups -OCH3 is 1. The van der Waals surface area contributed by atoms with Gasteiger partial charge in [-0.25, -0.2) is 0 Å². The van der Waals surface area contributed by atoms with Crippen LogP contribution in [0.15, 0.2) is 24.3 Å². The standard InChI is InChI=1S/C15H23NO2/c1-17-14-8-4-7-13(9-14)15(16)11-18-10-12-5-2-3-6-12/h4,7-9,12,15H,2-3,5-6,10-11,16H2,1H3. The van der Waals surface area contributed by atoms with Gasteiger partial charge in [-0.3, -0.25) is 0 Å². The van der Waals surface area contributed by atoms with E-state index in [0.717, 1.165) is 23.8 Å². The Morgan fingerprint density at radius 2 is 2.11 bits per heavy atom. The minimum absolute atomic E-state index is 0.0681. The van der Waals surface area contributed by atoms with Crippen molar-refractivity contribution in [1.82, 2.24) is 0 Å². The zero-order chi connectivity index (χ0) is 12.8. The van der Waals surface area contributed by atoms with Gasteiger partial charge >= 0.3 is 0 Å². The summed E-state index contributed by atoms with van der Waals surface area (Å²) in [6.07, 6.45) is 5.34. The molecule has 1 aliphatic carbocycles. The molecule has 3 nitrogen and oxygen atoms in total. The highest BCUT2D eigenvalue weighted by molar-refractivity contribution is 5.30. The Balaban J connectivity index is 1.77. The van der Waals surface area contributed by atoms with Crippen LogP contribution in [-0.2, 0) is 4.74 Å². The van der Waals surface area contributed by atoms with Gasteiger partial charge in [-0.15, -0.1) is 0 Å². The summed E-state index contributed by atoms with van der Waals surface area (Å²) in [6, 6.07) is 7.82. The van der Waals surface area contributed by atoms with Gasteiger partial charge in [0.2, 0.25) is 0 Å². The van der Waals surface area contributed by atoms with Crippen molar-refractivity contribution < 1.29 is 9.47 Å². The molecule has 1 aromatic rings. The second-order valence-corrected chi connectivity index (χ2v) is 5.07. The summed E-state index contributed by atoms with van der Waals surface area (Å²) in [5.74, 6) is 1.60.